The summed E-state index contributed by atoms with van der Waals surface area (Å²) in [4.78, 5) is 14.1. The average molecular weight is 244 g/mol. The first-order valence-electron chi connectivity index (χ1n) is 6.13. The van der Waals surface area contributed by atoms with Crippen LogP contribution in [0.5, 0.6) is 0 Å². The quantitative estimate of drug-likeness (QED) is 0.853. The maximum absolute atomic E-state index is 12.3. The molecule has 1 fully saturated rings. The number of fused-ring (bicyclic) bond motifs is 1. The summed E-state index contributed by atoms with van der Waals surface area (Å²) in [6, 6.07) is 5.69. The van der Waals surface area contributed by atoms with Gasteiger partial charge in [-0.2, -0.15) is 5.10 Å². The normalized spacial score (nSPS) is 17.8. The van der Waals surface area contributed by atoms with Crippen LogP contribution in [-0.4, -0.2) is 39.0 Å². The molecule has 0 bridgehead atoms. The number of rotatable bonds is 2. The van der Waals surface area contributed by atoms with Crippen molar-refractivity contribution in [1.82, 2.24) is 14.5 Å². The van der Waals surface area contributed by atoms with Crippen LogP contribution in [0.2, 0.25) is 0 Å². The Morgan fingerprint density at radius 1 is 1.50 bits per heavy atom. The summed E-state index contributed by atoms with van der Waals surface area (Å²) < 4.78 is 1.71. The van der Waals surface area contributed by atoms with E-state index in [0.717, 1.165) is 11.9 Å². The highest BCUT2D eigenvalue weighted by Crippen LogP contribution is 2.24. The Bertz CT molecular complexity index is 598. The van der Waals surface area contributed by atoms with Gasteiger partial charge in [0.05, 0.1) is 22.8 Å². The molecular formula is C13H16N4O. The number of amides is 1. The number of aromatic nitrogens is 2. The molecular weight excluding hydrogens is 228 g/mol. The van der Waals surface area contributed by atoms with Crippen molar-refractivity contribution >= 4 is 11.4 Å². The Hall–Kier alpha value is -1.88. The Balaban J connectivity index is 1.86. The predicted octanol–water partition coefficient (Wildman–Crippen LogP) is 0.898. The maximum Gasteiger partial charge on any atom is 0.257 e. The Morgan fingerprint density at radius 3 is 3.00 bits per heavy atom. The SMILES string of the molecule is CCC1(N)CN(C(=O)c2cnn3ccccc23)C1. The number of hydrogen-bond donors (Lipinski definition) is 1. The second-order valence-electron chi connectivity index (χ2n) is 4.97. The largest absolute Gasteiger partial charge is 0.335 e. The van der Waals surface area contributed by atoms with Crippen molar-refractivity contribution in [1.29, 1.82) is 0 Å². The summed E-state index contributed by atoms with van der Waals surface area (Å²) in [6.07, 6.45) is 4.35. The van der Waals surface area contributed by atoms with E-state index in [9.17, 15) is 4.79 Å². The fraction of sp³-hybridized carbons (Fsp3) is 0.385. The van der Waals surface area contributed by atoms with Gasteiger partial charge in [-0.3, -0.25) is 4.79 Å². The number of nitrogens with two attached hydrogens (primary N) is 1. The van der Waals surface area contributed by atoms with E-state index in [1.807, 2.05) is 24.4 Å². The van der Waals surface area contributed by atoms with E-state index in [-0.39, 0.29) is 11.4 Å². The summed E-state index contributed by atoms with van der Waals surface area (Å²) in [6.45, 7) is 3.32. The summed E-state index contributed by atoms with van der Waals surface area (Å²) in [5.74, 6) is 0.0192. The summed E-state index contributed by atoms with van der Waals surface area (Å²) >= 11 is 0. The van der Waals surface area contributed by atoms with Gasteiger partial charge in [0.25, 0.3) is 5.91 Å². The van der Waals surface area contributed by atoms with E-state index in [4.69, 9.17) is 5.73 Å². The molecule has 2 N–H and O–H groups in total. The standard InChI is InChI=1S/C13H16N4O/c1-2-13(14)8-16(9-13)12(18)10-7-15-17-6-4-3-5-11(10)17/h3-7H,2,8-9,14H2,1H3. The third-order valence-electron chi connectivity index (χ3n) is 3.66. The van der Waals surface area contributed by atoms with Crippen LogP contribution in [0.4, 0.5) is 0 Å². The van der Waals surface area contributed by atoms with E-state index < -0.39 is 0 Å². The van der Waals surface area contributed by atoms with Gasteiger partial charge in [0.2, 0.25) is 0 Å². The van der Waals surface area contributed by atoms with E-state index in [0.29, 0.717) is 18.7 Å². The molecule has 0 unspecified atom stereocenters. The van der Waals surface area contributed by atoms with Crippen molar-refractivity contribution in [3.05, 3.63) is 36.2 Å². The molecule has 1 aliphatic heterocycles. The molecule has 2 aromatic rings. The van der Waals surface area contributed by atoms with Crippen LogP contribution >= 0.6 is 0 Å². The average Bonchev–Trinajstić information content (AvgIpc) is 2.78. The van der Waals surface area contributed by atoms with Crippen LogP contribution in [0, 0.1) is 0 Å². The van der Waals surface area contributed by atoms with Crippen molar-refractivity contribution < 1.29 is 4.79 Å². The maximum atomic E-state index is 12.3. The molecule has 18 heavy (non-hydrogen) atoms. The van der Waals surface area contributed by atoms with Gasteiger partial charge in [0.15, 0.2) is 0 Å². The van der Waals surface area contributed by atoms with Crippen LogP contribution in [0.25, 0.3) is 5.52 Å². The van der Waals surface area contributed by atoms with Gasteiger partial charge in [0, 0.05) is 19.3 Å². The van der Waals surface area contributed by atoms with Crippen LogP contribution in [0.3, 0.4) is 0 Å². The second-order valence-corrected chi connectivity index (χ2v) is 4.97. The second kappa shape index (κ2) is 3.81. The van der Waals surface area contributed by atoms with Crippen LogP contribution < -0.4 is 5.73 Å². The highest BCUT2D eigenvalue weighted by molar-refractivity contribution is 6.01. The predicted molar refractivity (Wildman–Crippen MR) is 68.3 cm³/mol. The molecule has 5 heteroatoms. The molecule has 3 heterocycles. The molecule has 1 aliphatic rings. The molecule has 2 aromatic heterocycles. The molecule has 1 saturated heterocycles. The minimum atomic E-state index is -0.196. The van der Waals surface area contributed by atoms with E-state index in [1.165, 1.54) is 0 Å². The molecule has 0 aromatic carbocycles. The number of carbonyl (C=O) groups excluding carboxylic acids is 1. The van der Waals surface area contributed by atoms with Crippen molar-refractivity contribution in [3.63, 3.8) is 0 Å². The molecule has 1 amide bonds. The molecule has 0 spiro atoms. The lowest BCUT2D eigenvalue weighted by Crippen LogP contribution is -2.68. The molecule has 0 atom stereocenters. The Morgan fingerprint density at radius 2 is 2.28 bits per heavy atom. The van der Waals surface area contributed by atoms with Crippen LogP contribution in [-0.2, 0) is 0 Å². The first-order valence-corrected chi connectivity index (χ1v) is 6.13. The number of pyridine rings is 1. The number of nitrogens with zero attached hydrogens (tertiary/aromatic N) is 3. The van der Waals surface area contributed by atoms with Crippen LogP contribution in [0.15, 0.2) is 30.6 Å². The van der Waals surface area contributed by atoms with E-state index in [1.54, 1.807) is 15.6 Å². The van der Waals surface area contributed by atoms with Crippen molar-refractivity contribution in [2.75, 3.05) is 13.1 Å². The molecule has 0 saturated carbocycles. The lowest BCUT2D eigenvalue weighted by atomic mass is 9.88. The van der Waals surface area contributed by atoms with Gasteiger partial charge in [-0.05, 0) is 18.6 Å². The van der Waals surface area contributed by atoms with Gasteiger partial charge in [0.1, 0.15) is 0 Å². The third kappa shape index (κ3) is 1.59. The topological polar surface area (TPSA) is 63.6 Å². The monoisotopic (exact) mass is 244 g/mol. The fourth-order valence-electron chi connectivity index (χ4n) is 2.35. The summed E-state index contributed by atoms with van der Waals surface area (Å²) in [7, 11) is 0. The zero-order valence-corrected chi connectivity index (χ0v) is 10.3. The lowest BCUT2D eigenvalue weighted by Gasteiger charge is -2.47. The summed E-state index contributed by atoms with van der Waals surface area (Å²) in [5.41, 5.74) is 7.37. The molecule has 3 rings (SSSR count). The van der Waals surface area contributed by atoms with Crippen LogP contribution in [0.1, 0.15) is 23.7 Å². The van der Waals surface area contributed by atoms with Gasteiger partial charge in [-0.25, -0.2) is 4.52 Å². The van der Waals surface area contributed by atoms with E-state index in [2.05, 4.69) is 12.0 Å². The van der Waals surface area contributed by atoms with Crippen molar-refractivity contribution in [3.8, 4) is 0 Å². The Kier molecular flexibility index (Phi) is 2.38. The number of carbonyl (C=O) groups is 1. The van der Waals surface area contributed by atoms with Gasteiger partial charge in [-0.1, -0.05) is 13.0 Å². The third-order valence-corrected chi connectivity index (χ3v) is 3.66. The first kappa shape index (κ1) is 11.2. The van der Waals surface area contributed by atoms with Crippen molar-refractivity contribution in [2.24, 2.45) is 5.73 Å². The lowest BCUT2D eigenvalue weighted by molar-refractivity contribution is 0.0403. The molecule has 0 radical (unpaired) electrons. The smallest absolute Gasteiger partial charge is 0.257 e. The molecule has 5 nitrogen and oxygen atoms in total. The molecule has 0 aliphatic carbocycles. The van der Waals surface area contributed by atoms with Gasteiger partial charge >= 0.3 is 0 Å². The summed E-state index contributed by atoms with van der Waals surface area (Å²) in [5, 5.41) is 4.17. The Labute approximate surface area is 105 Å². The highest BCUT2D eigenvalue weighted by Gasteiger charge is 2.41. The van der Waals surface area contributed by atoms with Crippen molar-refractivity contribution in [2.45, 2.75) is 18.9 Å². The number of likely N-dealkylation sites (tertiary alicyclic amines) is 1. The zero-order chi connectivity index (χ0) is 12.8. The minimum Gasteiger partial charge on any atom is -0.335 e. The fourth-order valence-corrected chi connectivity index (χ4v) is 2.35. The van der Waals surface area contributed by atoms with Gasteiger partial charge < -0.3 is 10.6 Å². The molecule has 94 valence electrons. The minimum absolute atomic E-state index is 0.0192. The van der Waals surface area contributed by atoms with E-state index >= 15 is 0 Å². The highest BCUT2D eigenvalue weighted by atomic mass is 16.2. The van der Waals surface area contributed by atoms with Gasteiger partial charge in [-0.15, -0.1) is 0 Å². The zero-order valence-electron chi connectivity index (χ0n) is 10.3. The first-order chi connectivity index (χ1) is 8.63. The number of hydrogen-bond acceptors (Lipinski definition) is 3.